The molecule has 1 aromatic carbocycles. The molecule has 1 rings (SSSR count). The lowest BCUT2D eigenvalue weighted by Gasteiger charge is -2.25. The highest BCUT2D eigenvalue weighted by Gasteiger charge is 2.19. The first kappa shape index (κ1) is 14.7. The molecular weight excluding hydrogens is 229 g/mol. The van der Waals surface area contributed by atoms with Gasteiger partial charge in [0.25, 0.3) is 5.91 Å². The normalized spacial score (nSPS) is 11.3. The third-order valence-electron chi connectivity index (χ3n) is 3.33. The number of carbonyl (C=O) groups excluding carboxylic acids is 1. The fourth-order valence-corrected chi connectivity index (χ4v) is 2.19. The van der Waals surface area contributed by atoms with Gasteiger partial charge in [0, 0.05) is 6.54 Å². The van der Waals surface area contributed by atoms with E-state index in [0.29, 0.717) is 24.3 Å². The van der Waals surface area contributed by atoms with E-state index in [0.717, 1.165) is 0 Å². The van der Waals surface area contributed by atoms with Gasteiger partial charge in [0.2, 0.25) is 0 Å². The SMILES string of the molecule is CC(C)C(CNC(=O)c1ccccc1F)C(C)C. The number of carbonyl (C=O) groups is 1. The summed E-state index contributed by atoms with van der Waals surface area (Å²) in [5.41, 5.74) is 0.115. The van der Waals surface area contributed by atoms with E-state index in [2.05, 4.69) is 33.0 Å². The smallest absolute Gasteiger partial charge is 0.254 e. The average molecular weight is 251 g/mol. The van der Waals surface area contributed by atoms with Crippen molar-refractivity contribution >= 4 is 5.91 Å². The van der Waals surface area contributed by atoms with Crippen molar-refractivity contribution in [2.24, 2.45) is 17.8 Å². The fraction of sp³-hybridized carbons (Fsp3) is 0.533. The van der Waals surface area contributed by atoms with Gasteiger partial charge in [0.1, 0.15) is 5.82 Å². The van der Waals surface area contributed by atoms with E-state index >= 15 is 0 Å². The van der Waals surface area contributed by atoms with Crippen molar-refractivity contribution in [3.8, 4) is 0 Å². The summed E-state index contributed by atoms with van der Waals surface area (Å²) in [7, 11) is 0. The minimum absolute atomic E-state index is 0.115. The van der Waals surface area contributed by atoms with Crippen LogP contribution in [0.15, 0.2) is 24.3 Å². The van der Waals surface area contributed by atoms with Crippen molar-refractivity contribution in [3.05, 3.63) is 35.6 Å². The lowest BCUT2D eigenvalue weighted by Crippen LogP contribution is -2.34. The molecular formula is C15H22FNO. The highest BCUT2D eigenvalue weighted by atomic mass is 19.1. The molecule has 100 valence electrons. The number of amides is 1. The van der Waals surface area contributed by atoms with Crippen molar-refractivity contribution < 1.29 is 9.18 Å². The number of benzene rings is 1. The monoisotopic (exact) mass is 251 g/mol. The molecule has 0 aliphatic carbocycles. The fourth-order valence-electron chi connectivity index (χ4n) is 2.19. The van der Waals surface area contributed by atoms with Gasteiger partial charge in [-0.3, -0.25) is 4.79 Å². The standard InChI is InChI=1S/C15H22FNO/c1-10(2)13(11(3)4)9-17-15(18)12-7-5-6-8-14(12)16/h5-8,10-11,13H,9H2,1-4H3,(H,17,18). The van der Waals surface area contributed by atoms with Crippen LogP contribution in [0.1, 0.15) is 38.1 Å². The number of hydrogen-bond donors (Lipinski definition) is 1. The first-order valence-corrected chi connectivity index (χ1v) is 6.46. The van der Waals surface area contributed by atoms with Crippen molar-refractivity contribution in [2.45, 2.75) is 27.7 Å². The molecule has 1 N–H and O–H groups in total. The average Bonchev–Trinajstić information content (AvgIpc) is 2.28. The van der Waals surface area contributed by atoms with E-state index in [-0.39, 0.29) is 11.5 Å². The molecule has 18 heavy (non-hydrogen) atoms. The molecule has 0 spiro atoms. The summed E-state index contributed by atoms with van der Waals surface area (Å²) in [5, 5.41) is 2.82. The third-order valence-corrected chi connectivity index (χ3v) is 3.33. The quantitative estimate of drug-likeness (QED) is 0.852. The van der Waals surface area contributed by atoms with Crippen LogP contribution in [0.25, 0.3) is 0 Å². The van der Waals surface area contributed by atoms with Crippen molar-refractivity contribution in [1.29, 1.82) is 0 Å². The molecule has 0 radical (unpaired) electrons. The third kappa shape index (κ3) is 3.83. The predicted octanol–water partition coefficient (Wildman–Crippen LogP) is 3.48. The summed E-state index contributed by atoms with van der Waals surface area (Å²) < 4.78 is 13.4. The van der Waals surface area contributed by atoms with Crippen molar-refractivity contribution in [1.82, 2.24) is 5.32 Å². The second-order valence-electron chi connectivity index (χ2n) is 5.34. The van der Waals surface area contributed by atoms with Crippen LogP contribution >= 0.6 is 0 Å². The largest absolute Gasteiger partial charge is 0.352 e. The van der Waals surface area contributed by atoms with Gasteiger partial charge in [-0.15, -0.1) is 0 Å². The van der Waals surface area contributed by atoms with Crippen LogP contribution in [-0.2, 0) is 0 Å². The van der Waals surface area contributed by atoms with Gasteiger partial charge in [0.15, 0.2) is 0 Å². The summed E-state index contributed by atoms with van der Waals surface area (Å²) >= 11 is 0. The van der Waals surface area contributed by atoms with Crippen LogP contribution in [-0.4, -0.2) is 12.5 Å². The number of halogens is 1. The van der Waals surface area contributed by atoms with Crippen LogP contribution in [0.2, 0.25) is 0 Å². The van der Waals surface area contributed by atoms with E-state index in [9.17, 15) is 9.18 Å². The number of rotatable bonds is 5. The van der Waals surface area contributed by atoms with Gasteiger partial charge >= 0.3 is 0 Å². The van der Waals surface area contributed by atoms with Gasteiger partial charge in [-0.05, 0) is 29.9 Å². The van der Waals surface area contributed by atoms with Crippen LogP contribution in [0.4, 0.5) is 4.39 Å². The first-order chi connectivity index (χ1) is 8.43. The number of hydrogen-bond acceptors (Lipinski definition) is 1. The van der Waals surface area contributed by atoms with E-state index < -0.39 is 5.82 Å². The molecule has 0 atom stereocenters. The molecule has 0 saturated heterocycles. The van der Waals surface area contributed by atoms with Crippen LogP contribution in [0.3, 0.4) is 0 Å². The van der Waals surface area contributed by atoms with E-state index in [4.69, 9.17) is 0 Å². The molecule has 0 aliphatic rings. The molecule has 3 heteroatoms. The Morgan fingerprint density at radius 2 is 1.72 bits per heavy atom. The van der Waals surface area contributed by atoms with Crippen LogP contribution in [0, 0.1) is 23.6 Å². The second-order valence-corrected chi connectivity index (χ2v) is 5.34. The van der Waals surface area contributed by atoms with Gasteiger partial charge in [-0.25, -0.2) is 4.39 Å². The Morgan fingerprint density at radius 1 is 1.17 bits per heavy atom. The Kier molecular flexibility index (Phi) is 5.32. The highest BCUT2D eigenvalue weighted by molar-refractivity contribution is 5.94. The molecule has 2 nitrogen and oxygen atoms in total. The highest BCUT2D eigenvalue weighted by Crippen LogP contribution is 2.19. The maximum absolute atomic E-state index is 13.4. The Bertz CT molecular complexity index is 393. The van der Waals surface area contributed by atoms with Crippen LogP contribution in [0.5, 0.6) is 0 Å². The molecule has 0 saturated carbocycles. The zero-order valence-corrected chi connectivity index (χ0v) is 11.5. The molecule has 0 bridgehead atoms. The summed E-state index contributed by atoms with van der Waals surface area (Å²) in [6, 6.07) is 6.05. The Labute approximate surface area is 109 Å². The maximum Gasteiger partial charge on any atom is 0.254 e. The molecule has 1 amide bonds. The zero-order chi connectivity index (χ0) is 13.7. The molecule has 0 aromatic heterocycles. The van der Waals surface area contributed by atoms with Crippen LogP contribution < -0.4 is 5.32 Å². The van der Waals surface area contributed by atoms with Gasteiger partial charge < -0.3 is 5.32 Å². The summed E-state index contributed by atoms with van der Waals surface area (Å²) in [6.07, 6.45) is 0. The molecule has 0 heterocycles. The van der Waals surface area contributed by atoms with Crippen molar-refractivity contribution in [3.63, 3.8) is 0 Å². The van der Waals surface area contributed by atoms with Gasteiger partial charge in [-0.2, -0.15) is 0 Å². The number of nitrogens with one attached hydrogen (secondary N) is 1. The second kappa shape index (κ2) is 6.53. The topological polar surface area (TPSA) is 29.1 Å². The lowest BCUT2D eigenvalue weighted by molar-refractivity contribution is 0.0933. The Hall–Kier alpha value is -1.38. The predicted molar refractivity (Wildman–Crippen MR) is 71.9 cm³/mol. The summed E-state index contributed by atoms with van der Waals surface area (Å²) in [6.45, 7) is 9.14. The minimum Gasteiger partial charge on any atom is -0.352 e. The maximum atomic E-state index is 13.4. The van der Waals surface area contributed by atoms with E-state index in [1.165, 1.54) is 12.1 Å². The molecule has 0 unspecified atom stereocenters. The van der Waals surface area contributed by atoms with E-state index in [1.54, 1.807) is 12.1 Å². The summed E-state index contributed by atoms with van der Waals surface area (Å²) in [4.78, 5) is 11.9. The van der Waals surface area contributed by atoms with E-state index in [1.807, 2.05) is 0 Å². The lowest BCUT2D eigenvalue weighted by atomic mass is 9.85. The minimum atomic E-state index is -0.472. The van der Waals surface area contributed by atoms with Gasteiger partial charge in [0.05, 0.1) is 5.56 Å². The zero-order valence-electron chi connectivity index (χ0n) is 11.5. The Balaban J connectivity index is 2.64. The van der Waals surface area contributed by atoms with Gasteiger partial charge in [-0.1, -0.05) is 39.8 Å². The molecule has 0 aliphatic heterocycles. The molecule has 1 aromatic rings. The van der Waals surface area contributed by atoms with Crippen molar-refractivity contribution in [2.75, 3.05) is 6.54 Å². The first-order valence-electron chi connectivity index (χ1n) is 6.46. The molecule has 0 fully saturated rings. The summed E-state index contributed by atoms with van der Waals surface area (Å²) in [5.74, 6) is 0.581. The Morgan fingerprint density at radius 3 is 2.22 bits per heavy atom.